The van der Waals surface area contributed by atoms with Gasteiger partial charge in [0.05, 0.1) is 18.2 Å². The number of thiazole rings is 1. The highest BCUT2D eigenvalue weighted by Gasteiger charge is 2.28. The minimum atomic E-state index is 0.0704. The Bertz CT molecular complexity index is 755. The number of nitrogens with zero attached hydrogens (tertiary/aromatic N) is 2. The minimum absolute atomic E-state index is 0.0704. The van der Waals surface area contributed by atoms with Gasteiger partial charge in [0.2, 0.25) is 5.91 Å². The molecule has 1 atom stereocenters. The first kappa shape index (κ1) is 14.9. The molecule has 1 aliphatic carbocycles. The molecular formula is C17H19N3OS2. The maximum Gasteiger partial charge on any atom is 0.226 e. The highest BCUT2D eigenvalue weighted by Crippen LogP contribution is 2.37. The van der Waals surface area contributed by atoms with Gasteiger partial charge in [-0.2, -0.15) is 0 Å². The van der Waals surface area contributed by atoms with E-state index in [0.29, 0.717) is 12.3 Å². The fourth-order valence-electron chi connectivity index (χ4n) is 3.43. The molecule has 1 saturated carbocycles. The van der Waals surface area contributed by atoms with Crippen LogP contribution in [0.5, 0.6) is 0 Å². The van der Waals surface area contributed by atoms with E-state index in [1.54, 1.807) is 22.7 Å². The van der Waals surface area contributed by atoms with Crippen molar-refractivity contribution < 1.29 is 4.79 Å². The van der Waals surface area contributed by atoms with Crippen molar-refractivity contribution in [1.29, 1.82) is 0 Å². The van der Waals surface area contributed by atoms with Crippen molar-refractivity contribution in [3.05, 3.63) is 45.9 Å². The highest BCUT2D eigenvalue weighted by molar-refractivity contribution is 7.15. The van der Waals surface area contributed by atoms with Crippen LogP contribution in [0.1, 0.15) is 42.3 Å². The predicted molar refractivity (Wildman–Crippen MR) is 93.9 cm³/mol. The Labute approximate surface area is 143 Å². The van der Waals surface area contributed by atoms with Gasteiger partial charge in [0.15, 0.2) is 4.96 Å². The lowest BCUT2D eigenvalue weighted by Gasteiger charge is -2.23. The molecule has 3 heterocycles. The molecule has 0 aromatic carbocycles. The Morgan fingerprint density at radius 1 is 1.35 bits per heavy atom. The summed E-state index contributed by atoms with van der Waals surface area (Å²) in [5.41, 5.74) is 0.839. The van der Waals surface area contributed by atoms with Gasteiger partial charge in [0, 0.05) is 22.7 Å². The number of carbonyl (C=O) groups is 1. The topological polar surface area (TPSA) is 46.4 Å². The van der Waals surface area contributed by atoms with Crippen molar-refractivity contribution in [3.63, 3.8) is 0 Å². The smallest absolute Gasteiger partial charge is 0.226 e. The maximum absolute atomic E-state index is 12.5. The van der Waals surface area contributed by atoms with E-state index in [2.05, 4.69) is 27.8 Å². The fourth-order valence-corrected chi connectivity index (χ4v) is 5.02. The van der Waals surface area contributed by atoms with E-state index in [1.165, 1.54) is 30.6 Å². The van der Waals surface area contributed by atoms with Gasteiger partial charge in [-0.05, 0) is 30.2 Å². The first-order chi connectivity index (χ1) is 11.3. The Morgan fingerprint density at radius 3 is 2.96 bits per heavy atom. The van der Waals surface area contributed by atoms with Crippen LogP contribution in [0.4, 0.5) is 0 Å². The van der Waals surface area contributed by atoms with E-state index in [1.807, 2.05) is 22.2 Å². The summed E-state index contributed by atoms with van der Waals surface area (Å²) in [6.07, 6.45) is 9.25. The quantitative estimate of drug-likeness (QED) is 0.758. The van der Waals surface area contributed by atoms with E-state index >= 15 is 0 Å². The van der Waals surface area contributed by atoms with Crippen LogP contribution < -0.4 is 5.32 Å². The molecule has 1 amide bonds. The van der Waals surface area contributed by atoms with Crippen LogP contribution in [0.15, 0.2) is 35.3 Å². The lowest BCUT2D eigenvalue weighted by molar-refractivity contribution is -0.121. The van der Waals surface area contributed by atoms with Crippen molar-refractivity contribution in [2.45, 2.75) is 38.1 Å². The second-order valence-corrected chi connectivity index (χ2v) is 7.96. The van der Waals surface area contributed by atoms with Crippen LogP contribution in [0.25, 0.3) is 4.96 Å². The van der Waals surface area contributed by atoms with Crippen LogP contribution in [0.3, 0.4) is 0 Å². The van der Waals surface area contributed by atoms with E-state index in [-0.39, 0.29) is 11.9 Å². The van der Waals surface area contributed by atoms with Crippen LogP contribution >= 0.6 is 22.7 Å². The van der Waals surface area contributed by atoms with Crippen LogP contribution in [0.2, 0.25) is 0 Å². The molecule has 0 spiro atoms. The number of hydrogen-bond donors (Lipinski definition) is 1. The molecule has 0 unspecified atom stereocenters. The average molecular weight is 345 g/mol. The molecule has 0 saturated heterocycles. The number of hydrogen-bond acceptors (Lipinski definition) is 4. The molecule has 4 rings (SSSR count). The average Bonchev–Trinajstić information content (AvgIpc) is 3.28. The number of amides is 1. The van der Waals surface area contributed by atoms with Gasteiger partial charge < -0.3 is 5.32 Å². The zero-order valence-electron chi connectivity index (χ0n) is 12.8. The molecule has 0 aliphatic heterocycles. The van der Waals surface area contributed by atoms with Gasteiger partial charge in [-0.1, -0.05) is 18.9 Å². The summed E-state index contributed by atoms with van der Waals surface area (Å²) < 4.78 is 1.97. The van der Waals surface area contributed by atoms with Gasteiger partial charge in [-0.25, -0.2) is 4.98 Å². The lowest BCUT2D eigenvalue weighted by atomic mass is 9.96. The number of fused-ring (bicyclic) bond motifs is 1. The second kappa shape index (κ2) is 6.45. The Kier molecular flexibility index (Phi) is 4.18. The predicted octanol–water partition coefficient (Wildman–Crippen LogP) is 4.05. The minimum Gasteiger partial charge on any atom is -0.348 e. The number of rotatable bonds is 5. The van der Waals surface area contributed by atoms with Gasteiger partial charge >= 0.3 is 0 Å². The van der Waals surface area contributed by atoms with Gasteiger partial charge in [-0.3, -0.25) is 9.20 Å². The molecular weight excluding hydrogens is 326 g/mol. The van der Waals surface area contributed by atoms with Gasteiger partial charge in [-0.15, -0.1) is 22.7 Å². The fraction of sp³-hybridized carbons (Fsp3) is 0.412. The third kappa shape index (κ3) is 3.19. The molecule has 1 fully saturated rings. The molecule has 120 valence electrons. The van der Waals surface area contributed by atoms with E-state index in [9.17, 15) is 4.79 Å². The monoisotopic (exact) mass is 345 g/mol. The van der Waals surface area contributed by atoms with Crippen molar-refractivity contribution in [2.24, 2.45) is 5.92 Å². The summed E-state index contributed by atoms with van der Waals surface area (Å²) in [5.74, 6) is 0.643. The standard InChI is InChI=1S/C17H19N3OS2/c21-15(10-13-11-20-7-9-23-17(20)18-13)19-16(12-4-1-2-5-12)14-6-3-8-22-14/h3,6-9,11-12,16H,1-2,4-5,10H2,(H,19,21)/t16-/m0/s1. The zero-order chi connectivity index (χ0) is 15.6. The molecule has 0 radical (unpaired) electrons. The summed E-state index contributed by atoms with van der Waals surface area (Å²) in [7, 11) is 0. The van der Waals surface area contributed by atoms with Crippen molar-refractivity contribution in [2.75, 3.05) is 0 Å². The number of imidazole rings is 1. The van der Waals surface area contributed by atoms with Crippen LogP contribution in [-0.4, -0.2) is 15.3 Å². The number of thiophene rings is 1. The first-order valence-corrected chi connectivity index (χ1v) is 9.79. The Morgan fingerprint density at radius 2 is 2.22 bits per heavy atom. The normalized spacial score (nSPS) is 16.9. The van der Waals surface area contributed by atoms with E-state index in [4.69, 9.17) is 0 Å². The molecule has 3 aromatic heterocycles. The first-order valence-electron chi connectivity index (χ1n) is 8.03. The van der Waals surface area contributed by atoms with Crippen molar-refractivity contribution >= 4 is 33.5 Å². The Balaban J connectivity index is 1.47. The molecule has 23 heavy (non-hydrogen) atoms. The SMILES string of the molecule is O=C(Cc1cn2ccsc2n1)N[C@H](c1cccs1)C1CCCC1. The van der Waals surface area contributed by atoms with Gasteiger partial charge in [0.1, 0.15) is 0 Å². The largest absolute Gasteiger partial charge is 0.348 e. The number of carbonyl (C=O) groups excluding carboxylic acids is 1. The third-order valence-corrected chi connectivity index (χ3v) is 6.25. The van der Waals surface area contributed by atoms with E-state index < -0.39 is 0 Å². The number of nitrogens with one attached hydrogen (secondary N) is 1. The van der Waals surface area contributed by atoms with Crippen molar-refractivity contribution in [1.82, 2.24) is 14.7 Å². The molecule has 0 bridgehead atoms. The summed E-state index contributed by atoms with van der Waals surface area (Å²) in [6, 6.07) is 4.37. The molecule has 1 aliphatic rings. The zero-order valence-corrected chi connectivity index (χ0v) is 14.4. The maximum atomic E-state index is 12.5. The highest BCUT2D eigenvalue weighted by atomic mass is 32.1. The molecule has 4 nitrogen and oxygen atoms in total. The van der Waals surface area contributed by atoms with Crippen LogP contribution in [0, 0.1) is 5.92 Å². The Hall–Kier alpha value is -1.66. The third-order valence-electron chi connectivity index (χ3n) is 4.52. The molecule has 3 aromatic rings. The summed E-state index contributed by atoms with van der Waals surface area (Å²) in [4.78, 5) is 19.2. The number of aromatic nitrogens is 2. The van der Waals surface area contributed by atoms with Crippen LogP contribution in [-0.2, 0) is 11.2 Å². The molecule has 1 N–H and O–H groups in total. The van der Waals surface area contributed by atoms with E-state index in [0.717, 1.165) is 10.7 Å². The lowest BCUT2D eigenvalue weighted by Crippen LogP contribution is -2.33. The second-order valence-electron chi connectivity index (χ2n) is 6.11. The van der Waals surface area contributed by atoms with Crippen molar-refractivity contribution in [3.8, 4) is 0 Å². The summed E-state index contributed by atoms with van der Waals surface area (Å²) in [6.45, 7) is 0. The van der Waals surface area contributed by atoms with Gasteiger partial charge in [0.25, 0.3) is 0 Å². The molecule has 6 heteroatoms. The summed E-state index contributed by atoms with van der Waals surface area (Å²) >= 11 is 3.33. The summed E-state index contributed by atoms with van der Waals surface area (Å²) in [5, 5.41) is 7.36.